The molecule has 13 heteroatoms. The van der Waals surface area contributed by atoms with Gasteiger partial charge < -0.3 is 46.3 Å². The Morgan fingerprint density at radius 3 is 2.68 bits per heavy atom. The predicted molar refractivity (Wildman–Crippen MR) is 225 cm³/mol. The maximum absolute atomic E-state index is 12.8. The molecule has 0 amide bonds. The summed E-state index contributed by atoms with van der Waals surface area (Å²) >= 11 is 0. The van der Waals surface area contributed by atoms with Gasteiger partial charge in [-0.15, -0.1) is 0 Å². The number of hydrogen-bond acceptors (Lipinski definition) is 13. The molecular formula is C46H70N6O7. The second-order valence-corrected chi connectivity index (χ2v) is 19.4. The summed E-state index contributed by atoms with van der Waals surface area (Å²) < 4.78 is 12.6. The summed E-state index contributed by atoms with van der Waals surface area (Å²) in [5, 5.41) is 52.0. The minimum Gasteiger partial charge on any atom is -0.504 e. The minimum atomic E-state index is -0.764. The molecule has 3 saturated heterocycles. The number of nitrogens with zero attached hydrogens (tertiary/aromatic N) is 3. The lowest BCUT2D eigenvalue weighted by Crippen LogP contribution is -2.69. The molecule has 1 saturated carbocycles. The monoisotopic (exact) mass is 819 g/mol. The number of piperidine rings is 3. The van der Waals surface area contributed by atoms with E-state index >= 15 is 0 Å². The molecule has 4 fully saturated rings. The van der Waals surface area contributed by atoms with Crippen molar-refractivity contribution in [2.45, 2.75) is 152 Å². The normalized spacial score (nSPS) is 38.7. The molecule has 8 aliphatic rings. The third-order valence-electron chi connectivity index (χ3n) is 15.3. The van der Waals surface area contributed by atoms with E-state index in [1.807, 2.05) is 6.07 Å². The fourth-order valence-corrected chi connectivity index (χ4v) is 12.2. The van der Waals surface area contributed by atoms with Crippen LogP contribution in [-0.4, -0.2) is 124 Å². The number of esters is 1. The Kier molecular flexibility index (Phi) is 13.3. The Balaban J connectivity index is 1.21. The van der Waals surface area contributed by atoms with Crippen LogP contribution < -0.4 is 21.1 Å². The molecule has 9 rings (SSSR count). The highest BCUT2D eigenvalue weighted by Gasteiger charge is 2.48. The average molecular weight is 819 g/mol. The zero-order chi connectivity index (χ0) is 41.1. The Morgan fingerprint density at radius 2 is 1.88 bits per heavy atom. The highest BCUT2D eigenvalue weighted by Crippen LogP contribution is 2.43. The number of nitrogens with two attached hydrogens (primary N) is 1. The Bertz CT molecular complexity index is 1730. The van der Waals surface area contributed by atoms with E-state index in [1.165, 1.54) is 13.3 Å². The maximum atomic E-state index is 12.8. The minimum absolute atomic E-state index is 0.00117. The number of aromatic hydroxyl groups is 1. The topological polar surface area (TPSA) is 185 Å². The van der Waals surface area contributed by atoms with Crippen LogP contribution in [0.2, 0.25) is 0 Å². The van der Waals surface area contributed by atoms with Gasteiger partial charge in [0.25, 0.3) is 0 Å². The van der Waals surface area contributed by atoms with Crippen molar-refractivity contribution in [1.82, 2.24) is 20.4 Å². The second-order valence-electron chi connectivity index (χ2n) is 19.4. The molecule has 8 bridgehead atoms. The summed E-state index contributed by atoms with van der Waals surface area (Å²) in [6.45, 7) is 6.14. The van der Waals surface area contributed by atoms with E-state index < -0.39 is 23.6 Å². The van der Waals surface area contributed by atoms with Gasteiger partial charge in [-0.25, -0.2) is 0 Å². The smallest absolute Gasteiger partial charge is 0.302 e. The molecule has 8 N–H and O–H groups in total. The zero-order valence-corrected chi connectivity index (χ0v) is 35.3. The van der Waals surface area contributed by atoms with Crippen LogP contribution in [0.1, 0.15) is 114 Å². The van der Waals surface area contributed by atoms with Crippen molar-refractivity contribution in [2.24, 2.45) is 39.8 Å². The molecule has 59 heavy (non-hydrogen) atoms. The quantitative estimate of drug-likeness (QED) is 0.175. The first-order valence-electron chi connectivity index (χ1n) is 23.0. The molecule has 0 aromatic heterocycles. The van der Waals surface area contributed by atoms with Gasteiger partial charge >= 0.3 is 5.97 Å². The standard InChI is InChI=1S/C46H70N6O7/c1-30(55)58-42-23-37(56)9-14-45(13-8-32-6-5-7-36-22-38(10-16-48-36)59-43-21-33(19-39(32)42)35(27-53)20-41(43)57)15-17-51-24-31-18-34(40(51)28-54)26-52(25-31)46(11-3-2-4-12-46)50-44(47)49-29-45/h20-21,31-32,34,36-40,42,48,53-54,56-57H,2-7,9-12,14-19,22-29H2,1H3,(H3,47,49,50). The summed E-state index contributed by atoms with van der Waals surface area (Å²) in [5.41, 5.74) is 7.46. The Labute approximate surface area is 350 Å². The summed E-state index contributed by atoms with van der Waals surface area (Å²) in [4.78, 5) is 23.1. The lowest BCUT2D eigenvalue weighted by molar-refractivity contribution is -0.152. The van der Waals surface area contributed by atoms with Gasteiger partial charge in [-0.1, -0.05) is 24.7 Å². The molecule has 0 radical (unpaired) electrons. The molecule has 1 aromatic carbocycles. The largest absolute Gasteiger partial charge is 0.504 e. The number of ether oxygens (including phenoxy) is 2. The summed E-state index contributed by atoms with van der Waals surface area (Å²) in [6.07, 6.45) is 11.9. The zero-order valence-electron chi connectivity index (χ0n) is 35.3. The number of benzene rings is 1. The summed E-state index contributed by atoms with van der Waals surface area (Å²) in [6, 6.07) is 3.77. The first-order chi connectivity index (χ1) is 28.5. The highest BCUT2D eigenvalue weighted by atomic mass is 16.5. The lowest BCUT2D eigenvalue weighted by atomic mass is 9.73. The van der Waals surface area contributed by atoms with E-state index in [-0.39, 0.29) is 61.1 Å². The molecule has 1 aromatic rings. The van der Waals surface area contributed by atoms with Crippen molar-refractivity contribution in [3.8, 4) is 23.3 Å². The number of aliphatic imine (C=N–C) groups is 1. The molecule has 6 aliphatic heterocycles. The molecule has 2 spiro atoms. The number of carbonyl (C=O) groups excluding carboxylic acids is 1. The van der Waals surface area contributed by atoms with Crippen molar-refractivity contribution in [3.05, 3.63) is 23.3 Å². The number of rotatable bonds is 3. The Hall–Kier alpha value is -3.12. The predicted octanol–water partition coefficient (Wildman–Crippen LogP) is 3.39. The van der Waals surface area contributed by atoms with Crippen LogP contribution >= 0.6 is 0 Å². The third kappa shape index (κ3) is 9.68. The Morgan fingerprint density at radius 1 is 1.03 bits per heavy atom. The first-order valence-corrected chi connectivity index (χ1v) is 23.0. The van der Waals surface area contributed by atoms with Crippen LogP contribution in [0.15, 0.2) is 17.1 Å². The number of nitrogens with one attached hydrogen (secondary N) is 2. The van der Waals surface area contributed by atoms with Gasteiger partial charge in [0.15, 0.2) is 17.5 Å². The van der Waals surface area contributed by atoms with Crippen LogP contribution in [0.3, 0.4) is 0 Å². The van der Waals surface area contributed by atoms with Gasteiger partial charge in [0.05, 0.1) is 36.9 Å². The van der Waals surface area contributed by atoms with Crippen molar-refractivity contribution < 1.29 is 34.7 Å². The highest BCUT2D eigenvalue weighted by molar-refractivity contribution is 5.78. The fraction of sp³-hybridized carbons (Fsp3) is 0.783. The molecule has 326 valence electrons. The van der Waals surface area contributed by atoms with Gasteiger partial charge in [0, 0.05) is 63.4 Å². The fourth-order valence-electron chi connectivity index (χ4n) is 12.2. The number of phenolic OH excluding ortho intramolecular Hbond substituents is 1. The lowest BCUT2D eigenvalue weighted by Gasteiger charge is -2.56. The van der Waals surface area contributed by atoms with Crippen molar-refractivity contribution >= 4 is 11.9 Å². The molecule has 6 heterocycles. The van der Waals surface area contributed by atoms with E-state index in [0.29, 0.717) is 54.9 Å². The van der Waals surface area contributed by atoms with Crippen molar-refractivity contribution in [3.63, 3.8) is 0 Å². The van der Waals surface area contributed by atoms with Crippen LogP contribution in [-0.2, 0) is 22.6 Å². The van der Waals surface area contributed by atoms with Gasteiger partial charge in [-0.05, 0) is 125 Å². The number of guanidine groups is 1. The molecule has 2 aliphatic carbocycles. The second kappa shape index (κ2) is 18.5. The van der Waals surface area contributed by atoms with Gasteiger partial charge in [-0.3, -0.25) is 19.6 Å². The number of carbonyl (C=O) groups is 1. The van der Waals surface area contributed by atoms with Gasteiger partial charge in [0.2, 0.25) is 0 Å². The maximum Gasteiger partial charge on any atom is 0.302 e. The third-order valence-corrected chi connectivity index (χ3v) is 15.3. The number of aliphatic hydroxyl groups excluding tert-OH is 3. The van der Waals surface area contributed by atoms with Crippen LogP contribution in [0.5, 0.6) is 11.5 Å². The van der Waals surface area contributed by atoms with Gasteiger partial charge in [-0.2, -0.15) is 0 Å². The van der Waals surface area contributed by atoms with E-state index in [4.69, 9.17) is 20.2 Å². The first kappa shape index (κ1) is 42.6. The van der Waals surface area contributed by atoms with Crippen LogP contribution in [0, 0.1) is 40.9 Å². The summed E-state index contributed by atoms with van der Waals surface area (Å²) in [7, 11) is 0. The van der Waals surface area contributed by atoms with Crippen molar-refractivity contribution in [2.75, 3.05) is 45.9 Å². The van der Waals surface area contributed by atoms with E-state index in [1.54, 1.807) is 6.07 Å². The van der Waals surface area contributed by atoms with Crippen LogP contribution in [0.4, 0.5) is 0 Å². The van der Waals surface area contributed by atoms with E-state index in [2.05, 4.69) is 32.3 Å². The van der Waals surface area contributed by atoms with Crippen LogP contribution in [0.25, 0.3) is 0 Å². The summed E-state index contributed by atoms with van der Waals surface area (Å²) in [5.74, 6) is 8.51. The number of hydrogen-bond donors (Lipinski definition) is 7. The SMILES string of the molecule is CC(=O)OC1CC(O)CCC2(C#CC3CCCC4CC(CCN4)Oc4cc(c(CO)cc4O)CC31)CCN1CC3CC(CN(C3)C3(CCCCC3)NC(N)=NC2)C1CO. The average Bonchev–Trinajstić information content (AvgIpc) is 3.23. The van der Waals surface area contributed by atoms with E-state index in [9.17, 15) is 25.2 Å². The molecule has 12 atom stereocenters. The van der Waals surface area contributed by atoms with E-state index in [0.717, 1.165) is 109 Å². The number of fused-ring (bicyclic) bond motifs is 8. The number of phenols is 1. The molecule has 13 nitrogen and oxygen atoms in total. The molecule has 12 unspecified atom stereocenters. The van der Waals surface area contributed by atoms with Gasteiger partial charge in [0.1, 0.15) is 12.2 Å². The number of aliphatic hydroxyl groups is 3. The molecular weight excluding hydrogens is 749 g/mol. The van der Waals surface area contributed by atoms with Crippen molar-refractivity contribution in [1.29, 1.82) is 0 Å².